The molecule has 6 heteroatoms. The predicted molar refractivity (Wildman–Crippen MR) is 67.4 cm³/mol. The fourth-order valence-corrected chi connectivity index (χ4v) is 2.03. The molecule has 1 aromatic heterocycles. The smallest absolute Gasteiger partial charge is 0.258 e. The Labute approximate surface area is 109 Å². The molecule has 1 N–H and O–H groups in total. The zero-order chi connectivity index (χ0) is 13.4. The highest BCUT2D eigenvalue weighted by Gasteiger charge is 2.28. The highest BCUT2D eigenvalue weighted by atomic mass is 19.1. The average molecular weight is 260 g/mol. The SMILES string of the molecule is Cc1nnc(NC(=O)c2cccc(F)c2)n1C1CC1. The van der Waals surface area contributed by atoms with Gasteiger partial charge in [-0.1, -0.05) is 6.07 Å². The van der Waals surface area contributed by atoms with Gasteiger partial charge in [-0.05, 0) is 38.0 Å². The van der Waals surface area contributed by atoms with Crippen molar-refractivity contribution in [2.24, 2.45) is 0 Å². The van der Waals surface area contributed by atoms with Crippen molar-refractivity contribution >= 4 is 11.9 Å². The first-order valence-corrected chi connectivity index (χ1v) is 6.13. The lowest BCUT2D eigenvalue weighted by Gasteiger charge is -2.08. The number of nitrogens with one attached hydrogen (secondary N) is 1. The second-order valence-corrected chi connectivity index (χ2v) is 4.64. The summed E-state index contributed by atoms with van der Waals surface area (Å²) < 4.78 is 15.0. The van der Waals surface area contributed by atoms with E-state index in [9.17, 15) is 9.18 Å². The Morgan fingerprint density at radius 2 is 2.21 bits per heavy atom. The molecule has 1 amide bonds. The molecule has 19 heavy (non-hydrogen) atoms. The number of amides is 1. The van der Waals surface area contributed by atoms with Crippen LogP contribution in [0.1, 0.15) is 35.1 Å². The molecule has 2 aromatic rings. The number of rotatable bonds is 3. The van der Waals surface area contributed by atoms with Crippen LogP contribution in [-0.2, 0) is 0 Å². The first kappa shape index (κ1) is 11.8. The van der Waals surface area contributed by atoms with Gasteiger partial charge in [0.05, 0.1) is 0 Å². The van der Waals surface area contributed by atoms with E-state index >= 15 is 0 Å². The van der Waals surface area contributed by atoms with Crippen LogP contribution in [0.4, 0.5) is 10.3 Å². The summed E-state index contributed by atoms with van der Waals surface area (Å²) in [6, 6.07) is 5.93. The number of hydrogen-bond donors (Lipinski definition) is 1. The Bertz CT molecular complexity index is 633. The van der Waals surface area contributed by atoms with E-state index < -0.39 is 5.82 Å². The normalized spacial score (nSPS) is 14.4. The summed E-state index contributed by atoms with van der Waals surface area (Å²) >= 11 is 0. The Kier molecular flexibility index (Phi) is 2.77. The molecule has 1 aliphatic rings. The first-order chi connectivity index (χ1) is 9.15. The van der Waals surface area contributed by atoms with Crippen LogP contribution < -0.4 is 5.32 Å². The molecule has 5 nitrogen and oxygen atoms in total. The van der Waals surface area contributed by atoms with Gasteiger partial charge < -0.3 is 0 Å². The fourth-order valence-electron chi connectivity index (χ4n) is 2.03. The van der Waals surface area contributed by atoms with Crippen LogP contribution in [-0.4, -0.2) is 20.7 Å². The van der Waals surface area contributed by atoms with Crippen LogP contribution in [0, 0.1) is 12.7 Å². The lowest BCUT2D eigenvalue weighted by Crippen LogP contribution is -2.16. The third-order valence-electron chi connectivity index (χ3n) is 3.09. The number of aryl methyl sites for hydroxylation is 1. The number of nitrogens with zero attached hydrogens (tertiary/aromatic N) is 3. The Morgan fingerprint density at radius 3 is 2.89 bits per heavy atom. The van der Waals surface area contributed by atoms with Gasteiger partial charge >= 0.3 is 0 Å². The zero-order valence-corrected chi connectivity index (χ0v) is 10.4. The molecule has 0 aliphatic heterocycles. The van der Waals surface area contributed by atoms with E-state index in [1.807, 2.05) is 11.5 Å². The molecule has 3 rings (SSSR count). The van der Waals surface area contributed by atoms with Crippen LogP contribution in [0.2, 0.25) is 0 Å². The van der Waals surface area contributed by atoms with Gasteiger partial charge in [-0.2, -0.15) is 0 Å². The minimum atomic E-state index is -0.438. The molecule has 1 aromatic carbocycles. The first-order valence-electron chi connectivity index (χ1n) is 6.13. The number of benzene rings is 1. The van der Waals surface area contributed by atoms with Crippen molar-refractivity contribution in [1.29, 1.82) is 0 Å². The van der Waals surface area contributed by atoms with Crippen LogP contribution in [0.15, 0.2) is 24.3 Å². The fraction of sp³-hybridized carbons (Fsp3) is 0.308. The van der Waals surface area contributed by atoms with Crippen molar-refractivity contribution in [3.8, 4) is 0 Å². The van der Waals surface area contributed by atoms with Gasteiger partial charge in [-0.25, -0.2) is 4.39 Å². The Hall–Kier alpha value is -2.24. The van der Waals surface area contributed by atoms with Crippen LogP contribution in [0.25, 0.3) is 0 Å². The van der Waals surface area contributed by atoms with Gasteiger partial charge in [0.2, 0.25) is 5.95 Å². The van der Waals surface area contributed by atoms with Crippen molar-refractivity contribution in [2.45, 2.75) is 25.8 Å². The summed E-state index contributed by atoms with van der Waals surface area (Å²) in [7, 11) is 0. The van der Waals surface area contributed by atoms with Crippen LogP contribution in [0.3, 0.4) is 0 Å². The van der Waals surface area contributed by atoms with Crippen molar-refractivity contribution in [3.63, 3.8) is 0 Å². The highest BCUT2D eigenvalue weighted by molar-refractivity contribution is 6.03. The predicted octanol–water partition coefficient (Wildman–Crippen LogP) is 2.31. The van der Waals surface area contributed by atoms with E-state index in [0.29, 0.717) is 12.0 Å². The highest BCUT2D eigenvalue weighted by Crippen LogP contribution is 2.37. The third kappa shape index (κ3) is 2.33. The van der Waals surface area contributed by atoms with E-state index in [-0.39, 0.29) is 11.5 Å². The van der Waals surface area contributed by atoms with E-state index in [0.717, 1.165) is 18.7 Å². The molecule has 0 spiro atoms. The maximum absolute atomic E-state index is 13.1. The summed E-state index contributed by atoms with van der Waals surface area (Å²) in [6.45, 7) is 1.85. The van der Waals surface area contributed by atoms with E-state index in [1.54, 1.807) is 6.07 Å². The van der Waals surface area contributed by atoms with Gasteiger partial charge in [0.25, 0.3) is 5.91 Å². The minimum absolute atomic E-state index is 0.267. The van der Waals surface area contributed by atoms with Crippen LogP contribution >= 0.6 is 0 Å². The number of halogens is 1. The maximum atomic E-state index is 13.1. The second-order valence-electron chi connectivity index (χ2n) is 4.64. The average Bonchev–Trinajstić information content (AvgIpc) is 3.15. The molecule has 1 heterocycles. The van der Waals surface area contributed by atoms with Crippen molar-refractivity contribution in [1.82, 2.24) is 14.8 Å². The monoisotopic (exact) mass is 260 g/mol. The van der Waals surface area contributed by atoms with E-state index in [1.165, 1.54) is 18.2 Å². The van der Waals surface area contributed by atoms with Crippen molar-refractivity contribution in [2.75, 3.05) is 5.32 Å². The molecule has 1 fully saturated rings. The molecule has 98 valence electrons. The van der Waals surface area contributed by atoms with Crippen LogP contribution in [0.5, 0.6) is 0 Å². The minimum Gasteiger partial charge on any atom is -0.294 e. The number of hydrogen-bond acceptors (Lipinski definition) is 3. The van der Waals surface area contributed by atoms with Gasteiger partial charge in [0.1, 0.15) is 11.6 Å². The van der Waals surface area contributed by atoms with E-state index in [4.69, 9.17) is 0 Å². The molecule has 0 radical (unpaired) electrons. The lowest BCUT2D eigenvalue weighted by atomic mass is 10.2. The second kappa shape index (κ2) is 4.46. The molecular formula is C13H13FN4O. The summed E-state index contributed by atoms with van der Waals surface area (Å²) in [4.78, 5) is 12.0. The largest absolute Gasteiger partial charge is 0.294 e. The molecule has 1 saturated carbocycles. The molecule has 0 saturated heterocycles. The Balaban J connectivity index is 1.83. The molecule has 0 bridgehead atoms. The summed E-state index contributed by atoms with van der Waals surface area (Å²) in [5.41, 5.74) is 0.267. The topological polar surface area (TPSA) is 59.8 Å². The number of anilines is 1. The van der Waals surface area contributed by atoms with Gasteiger partial charge in [0, 0.05) is 11.6 Å². The van der Waals surface area contributed by atoms with E-state index in [2.05, 4.69) is 15.5 Å². The van der Waals surface area contributed by atoms with Crippen molar-refractivity contribution in [3.05, 3.63) is 41.5 Å². The Morgan fingerprint density at radius 1 is 1.42 bits per heavy atom. The third-order valence-corrected chi connectivity index (χ3v) is 3.09. The number of carbonyl (C=O) groups is 1. The van der Waals surface area contributed by atoms with Gasteiger partial charge in [-0.15, -0.1) is 10.2 Å². The summed E-state index contributed by atoms with van der Waals surface area (Å²) in [6.07, 6.45) is 2.14. The molecule has 0 atom stereocenters. The number of carbonyl (C=O) groups excluding carboxylic acids is 1. The molecular weight excluding hydrogens is 247 g/mol. The van der Waals surface area contributed by atoms with Crippen molar-refractivity contribution < 1.29 is 9.18 Å². The summed E-state index contributed by atoms with van der Waals surface area (Å²) in [5.74, 6) is 0.382. The summed E-state index contributed by atoms with van der Waals surface area (Å²) in [5, 5.41) is 10.6. The molecule has 1 aliphatic carbocycles. The lowest BCUT2D eigenvalue weighted by molar-refractivity contribution is 0.102. The van der Waals surface area contributed by atoms with Gasteiger partial charge in [0.15, 0.2) is 0 Å². The molecule has 0 unspecified atom stereocenters. The number of aromatic nitrogens is 3. The van der Waals surface area contributed by atoms with Gasteiger partial charge in [-0.3, -0.25) is 14.7 Å². The zero-order valence-electron chi connectivity index (χ0n) is 10.4. The standard InChI is InChI=1S/C13H13FN4O/c1-8-16-17-13(18(8)11-5-6-11)15-12(19)9-3-2-4-10(14)7-9/h2-4,7,11H,5-6H2,1H3,(H,15,17,19). The quantitative estimate of drug-likeness (QED) is 0.921. The maximum Gasteiger partial charge on any atom is 0.258 e.